The summed E-state index contributed by atoms with van der Waals surface area (Å²) >= 11 is 0. The molecule has 0 radical (unpaired) electrons. The molecule has 0 saturated carbocycles. The number of rotatable bonds is 7. The number of methoxy groups -OCH3 is 1. The molecule has 0 bridgehead atoms. The summed E-state index contributed by atoms with van der Waals surface area (Å²) in [4.78, 5) is 30.0. The number of benzene rings is 3. The summed E-state index contributed by atoms with van der Waals surface area (Å²) < 4.78 is 7.40. The lowest BCUT2D eigenvalue weighted by atomic mass is 9.95. The maximum absolute atomic E-state index is 13.0. The van der Waals surface area contributed by atoms with Crippen molar-refractivity contribution in [3.8, 4) is 11.4 Å². The lowest BCUT2D eigenvalue weighted by Crippen LogP contribution is -2.19. The van der Waals surface area contributed by atoms with Crippen molar-refractivity contribution in [2.45, 2.75) is 19.8 Å². The van der Waals surface area contributed by atoms with Crippen molar-refractivity contribution >= 4 is 17.4 Å². The van der Waals surface area contributed by atoms with Crippen LogP contribution in [0.25, 0.3) is 5.69 Å². The van der Waals surface area contributed by atoms with Crippen LogP contribution in [0.5, 0.6) is 5.75 Å². The monoisotopic (exact) mass is 439 g/mol. The molecule has 1 atom stereocenters. The van der Waals surface area contributed by atoms with E-state index >= 15 is 0 Å². The standard InChI is InChI=1S/C27H25N3O3/c1-18-16-30(17-28-18)24-13-12-23(15-25(24)33-3)29-27(32)19(2)21-10-7-11-22(14-21)26(31)20-8-5-4-6-9-20/h4-17,19H,1-3H3,(H,29,32). The first-order valence-corrected chi connectivity index (χ1v) is 10.7. The van der Waals surface area contributed by atoms with E-state index in [0.717, 1.165) is 16.9 Å². The topological polar surface area (TPSA) is 73.2 Å². The summed E-state index contributed by atoms with van der Waals surface area (Å²) in [5.41, 5.74) is 4.30. The normalized spacial score (nSPS) is 11.6. The predicted molar refractivity (Wildman–Crippen MR) is 128 cm³/mol. The fourth-order valence-corrected chi connectivity index (χ4v) is 3.63. The molecule has 1 aromatic heterocycles. The summed E-state index contributed by atoms with van der Waals surface area (Å²) in [7, 11) is 1.59. The third-order valence-electron chi connectivity index (χ3n) is 5.52. The Morgan fingerprint density at radius 2 is 1.73 bits per heavy atom. The smallest absolute Gasteiger partial charge is 0.231 e. The second-order valence-corrected chi connectivity index (χ2v) is 7.84. The summed E-state index contributed by atoms with van der Waals surface area (Å²) in [5, 5.41) is 2.95. The Balaban J connectivity index is 1.51. The van der Waals surface area contributed by atoms with Crippen molar-refractivity contribution in [1.82, 2.24) is 9.55 Å². The van der Waals surface area contributed by atoms with E-state index in [1.165, 1.54) is 0 Å². The second-order valence-electron chi connectivity index (χ2n) is 7.84. The van der Waals surface area contributed by atoms with Crippen molar-refractivity contribution in [3.63, 3.8) is 0 Å². The molecular formula is C27H25N3O3. The van der Waals surface area contributed by atoms with E-state index in [9.17, 15) is 9.59 Å². The van der Waals surface area contributed by atoms with E-state index in [0.29, 0.717) is 22.6 Å². The minimum Gasteiger partial charge on any atom is -0.494 e. The highest BCUT2D eigenvalue weighted by atomic mass is 16.5. The van der Waals surface area contributed by atoms with Crippen molar-refractivity contribution in [1.29, 1.82) is 0 Å². The number of amides is 1. The van der Waals surface area contributed by atoms with Gasteiger partial charge >= 0.3 is 0 Å². The zero-order chi connectivity index (χ0) is 23.4. The van der Waals surface area contributed by atoms with Gasteiger partial charge in [0.2, 0.25) is 5.91 Å². The minimum absolute atomic E-state index is 0.0693. The summed E-state index contributed by atoms with van der Waals surface area (Å²) in [6.45, 7) is 3.74. The van der Waals surface area contributed by atoms with Crippen LogP contribution in [0.4, 0.5) is 5.69 Å². The van der Waals surface area contributed by atoms with Gasteiger partial charge in [0, 0.05) is 29.1 Å². The molecule has 0 spiro atoms. The molecule has 33 heavy (non-hydrogen) atoms. The molecule has 6 nitrogen and oxygen atoms in total. The van der Waals surface area contributed by atoms with E-state index in [1.54, 1.807) is 49.8 Å². The number of ketones is 1. The number of anilines is 1. The number of hydrogen-bond acceptors (Lipinski definition) is 4. The first-order valence-electron chi connectivity index (χ1n) is 10.7. The number of aryl methyl sites for hydroxylation is 1. The molecule has 0 aliphatic carbocycles. The van der Waals surface area contributed by atoms with Crippen LogP contribution in [-0.4, -0.2) is 28.4 Å². The average molecular weight is 440 g/mol. The zero-order valence-corrected chi connectivity index (χ0v) is 18.8. The number of hydrogen-bond donors (Lipinski definition) is 1. The summed E-state index contributed by atoms with van der Waals surface area (Å²) in [6.07, 6.45) is 3.62. The molecular weight excluding hydrogens is 414 g/mol. The number of nitrogens with zero attached hydrogens (tertiary/aromatic N) is 2. The molecule has 0 saturated heterocycles. The van der Waals surface area contributed by atoms with Crippen molar-refractivity contribution < 1.29 is 14.3 Å². The number of imidazole rings is 1. The fraction of sp³-hybridized carbons (Fsp3) is 0.148. The Labute approximate surface area is 192 Å². The van der Waals surface area contributed by atoms with Crippen LogP contribution in [0.2, 0.25) is 0 Å². The van der Waals surface area contributed by atoms with Gasteiger partial charge in [-0.15, -0.1) is 0 Å². The molecule has 3 aromatic carbocycles. The number of carbonyl (C=O) groups is 2. The Bertz CT molecular complexity index is 1290. The third-order valence-corrected chi connectivity index (χ3v) is 5.52. The van der Waals surface area contributed by atoms with Crippen LogP contribution in [0.15, 0.2) is 85.3 Å². The van der Waals surface area contributed by atoms with Crippen molar-refractivity contribution in [2.75, 3.05) is 12.4 Å². The third kappa shape index (κ3) is 4.85. The van der Waals surface area contributed by atoms with E-state index < -0.39 is 5.92 Å². The largest absolute Gasteiger partial charge is 0.494 e. The molecule has 1 amide bonds. The van der Waals surface area contributed by atoms with Gasteiger partial charge in [-0.05, 0) is 37.6 Å². The van der Waals surface area contributed by atoms with Gasteiger partial charge in [-0.2, -0.15) is 0 Å². The molecule has 0 aliphatic heterocycles. The maximum Gasteiger partial charge on any atom is 0.231 e. The van der Waals surface area contributed by atoms with Gasteiger partial charge < -0.3 is 14.6 Å². The highest BCUT2D eigenvalue weighted by Gasteiger charge is 2.18. The van der Waals surface area contributed by atoms with E-state index in [-0.39, 0.29) is 11.7 Å². The molecule has 0 fully saturated rings. The molecule has 4 aromatic rings. The van der Waals surface area contributed by atoms with Crippen LogP contribution in [0.1, 0.15) is 40.0 Å². The minimum atomic E-state index is -0.449. The Morgan fingerprint density at radius 3 is 2.42 bits per heavy atom. The van der Waals surface area contributed by atoms with E-state index in [4.69, 9.17) is 4.74 Å². The molecule has 1 heterocycles. The number of nitrogens with one attached hydrogen (secondary N) is 1. The van der Waals surface area contributed by atoms with Crippen LogP contribution >= 0.6 is 0 Å². The molecule has 166 valence electrons. The molecule has 4 rings (SSSR count). The van der Waals surface area contributed by atoms with Crippen molar-refractivity contribution in [3.05, 3.63) is 108 Å². The van der Waals surface area contributed by atoms with E-state index in [1.807, 2.05) is 61.0 Å². The Kier molecular flexibility index (Phi) is 6.36. The van der Waals surface area contributed by atoms with Gasteiger partial charge in [-0.3, -0.25) is 9.59 Å². The quantitative estimate of drug-likeness (QED) is 0.404. The average Bonchev–Trinajstić information content (AvgIpc) is 3.29. The van der Waals surface area contributed by atoms with Crippen LogP contribution in [-0.2, 0) is 4.79 Å². The maximum atomic E-state index is 13.0. The molecule has 1 N–H and O–H groups in total. The highest BCUT2D eigenvalue weighted by molar-refractivity contribution is 6.09. The molecule has 0 aliphatic rings. The first-order chi connectivity index (χ1) is 16.0. The highest BCUT2D eigenvalue weighted by Crippen LogP contribution is 2.28. The van der Waals surface area contributed by atoms with Gasteiger partial charge in [0.05, 0.1) is 30.7 Å². The number of aromatic nitrogens is 2. The lowest BCUT2D eigenvalue weighted by Gasteiger charge is -2.15. The summed E-state index contributed by atoms with van der Waals surface area (Å²) in [6, 6.07) is 21.8. The Hall–Kier alpha value is -4.19. The molecule has 6 heteroatoms. The SMILES string of the molecule is COc1cc(NC(=O)C(C)c2cccc(C(=O)c3ccccc3)c2)ccc1-n1cnc(C)c1. The van der Waals surface area contributed by atoms with E-state index in [2.05, 4.69) is 10.3 Å². The lowest BCUT2D eigenvalue weighted by molar-refractivity contribution is -0.117. The number of carbonyl (C=O) groups excluding carboxylic acids is 2. The van der Waals surface area contributed by atoms with Gasteiger partial charge in [-0.1, -0.05) is 48.5 Å². The summed E-state index contributed by atoms with van der Waals surface area (Å²) in [5.74, 6) is -0.0727. The van der Waals surface area contributed by atoms with Gasteiger partial charge in [-0.25, -0.2) is 4.98 Å². The van der Waals surface area contributed by atoms with Crippen LogP contribution < -0.4 is 10.1 Å². The van der Waals surface area contributed by atoms with Crippen LogP contribution in [0, 0.1) is 6.92 Å². The Morgan fingerprint density at radius 1 is 0.970 bits per heavy atom. The van der Waals surface area contributed by atoms with Crippen LogP contribution in [0.3, 0.4) is 0 Å². The first kappa shape index (κ1) is 22.0. The van der Waals surface area contributed by atoms with Gasteiger partial charge in [0.15, 0.2) is 5.78 Å². The zero-order valence-electron chi connectivity index (χ0n) is 18.8. The predicted octanol–water partition coefficient (Wildman–Crippen LogP) is 5.16. The van der Waals surface area contributed by atoms with Gasteiger partial charge in [0.1, 0.15) is 5.75 Å². The van der Waals surface area contributed by atoms with Gasteiger partial charge in [0.25, 0.3) is 0 Å². The number of ether oxygens (including phenoxy) is 1. The second kappa shape index (κ2) is 9.53. The van der Waals surface area contributed by atoms with Crippen molar-refractivity contribution in [2.24, 2.45) is 0 Å². The fourth-order valence-electron chi connectivity index (χ4n) is 3.63. The molecule has 1 unspecified atom stereocenters.